The molecule has 1 fully saturated rings. The van der Waals surface area contributed by atoms with Crippen molar-refractivity contribution in [1.82, 2.24) is 15.1 Å². The van der Waals surface area contributed by atoms with Crippen LogP contribution in [-0.2, 0) is 6.54 Å². The van der Waals surface area contributed by atoms with Crippen LogP contribution in [0.25, 0.3) is 0 Å². The van der Waals surface area contributed by atoms with Crippen LogP contribution in [0.1, 0.15) is 12.8 Å². The summed E-state index contributed by atoms with van der Waals surface area (Å²) >= 11 is 3.04. The van der Waals surface area contributed by atoms with E-state index in [1.54, 1.807) is 0 Å². The second kappa shape index (κ2) is 6.78. The minimum Gasteiger partial charge on any atom is -0.382 e. The zero-order valence-corrected chi connectivity index (χ0v) is 12.8. The molecule has 1 saturated heterocycles. The number of alkyl halides is 3. The molecule has 0 radical (unpaired) electrons. The van der Waals surface area contributed by atoms with E-state index in [-0.39, 0.29) is 4.47 Å². The van der Waals surface area contributed by atoms with Gasteiger partial charge in [-0.1, -0.05) is 0 Å². The Bertz CT molecular complexity index is 540. The second-order valence-electron chi connectivity index (χ2n) is 5.04. The highest BCUT2D eigenvalue weighted by Crippen LogP contribution is 2.20. The first-order chi connectivity index (χ1) is 9.87. The fourth-order valence-electron chi connectivity index (χ4n) is 2.22. The van der Waals surface area contributed by atoms with Crippen molar-refractivity contribution < 1.29 is 13.2 Å². The Morgan fingerprint density at radius 3 is 2.90 bits per heavy atom. The van der Waals surface area contributed by atoms with E-state index in [1.165, 1.54) is 6.20 Å². The average molecular weight is 369 g/mol. The molecule has 2 N–H and O–H groups in total. The molecule has 1 aromatic heterocycles. The lowest BCUT2D eigenvalue weighted by molar-refractivity contribution is -0.143. The predicted octanol–water partition coefficient (Wildman–Crippen LogP) is 1.98. The molecule has 0 amide bonds. The van der Waals surface area contributed by atoms with Crippen molar-refractivity contribution in [3.8, 4) is 0 Å². The summed E-state index contributed by atoms with van der Waals surface area (Å²) in [6.45, 7) is 1.16. The van der Waals surface area contributed by atoms with Crippen LogP contribution in [0.4, 0.5) is 18.9 Å². The molecule has 0 aromatic carbocycles. The summed E-state index contributed by atoms with van der Waals surface area (Å²) in [6, 6.07) is 0. The number of rotatable bonds is 4. The molecule has 0 saturated carbocycles. The SMILES string of the molecule is O=c1c(Br)c(NCC2CCCNC2)cnn1CC(F)(F)F. The van der Waals surface area contributed by atoms with E-state index < -0.39 is 18.3 Å². The van der Waals surface area contributed by atoms with E-state index in [2.05, 4.69) is 31.7 Å². The molecule has 21 heavy (non-hydrogen) atoms. The summed E-state index contributed by atoms with van der Waals surface area (Å²) in [7, 11) is 0. The Hall–Kier alpha value is -1.09. The first-order valence-corrected chi connectivity index (χ1v) is 7.43. The summed E-state index contributed by atoms with van der Waals surface area (Å²) in [4.78, 5) is 11.8. The van der Waals surface area contributed by atoms with Crippen LogP contribution in [0.2, 0.25) is 0 Å². The lowest BCUT2D eigenvalue weighted by atomic mass is 10.00. The highest BCUT2D eigenvalue weighted by Gasteiger charge is 2.29. The molecule has 2 heterocycles. The van der Waals surface area contributed by atoms with Gasteiger partial charge in [0, 0.05) is 6.54 Å². The highest BCUT2D eigenvalue weighted by molar-refractivity contribution is 9.10. The first-order valence-electron chi connectivity index (χ1n) is 6.64. The number of halogens is 4. The van der Waals surface area contributed by atoms with Crippen molar-refractivity contribution in [1.29, 1.82) is 0 Å². The van der Waals surface area contributed by atoms with E-state index in [9.17, 15) is 18.0 Å². The highest BCUT2D eigenvalue weighted by atomic mass is 79.9. The van der Waals surface area contributed by atoms with Crippen LogP contribution in [0.3, 0.4) is 0 Å². The number of aromatic nitrogens is 2. The summed E-state index contributed by atoms with van der Waals surface area (Å²) < 4.78 is 37.4. The molecule has 1 aromatic rings. The summed E-state index contributed by atoms with van der Waals surface area (Å²) in [6.07, 6.45) is -1.05. The van der Waals surface area contributed by atoms with Gasteiger partial charge >= 0.3 is 6.18 Å². The summed E-state index contributed by atoms with van der Waals surface area (Å²) in [5.41, 5.74) is -0.372. The van der Waals surface area contributed by atoms with Crippen molar-refractivity contribution in [2.24, 2.45) is 5.92 Å². The minimum atomic E-state index is -4.47. The van der Waals surface area contributed by atoms with Crippen LogP contribution in [-0.4, -0.2) is 35.6 Å². The number of nitrogens with zero attached hydrogens (tertiary/aromatic N) is 2. The largest absolute Gasteiger partial charge is 0.408 e. The van der Waals surface area contributed by atoms with E-state index in [0.717, 1.165) is 25.9 Å². The van der Waals surface area contributed by atoms with Gasteiger partial charge in [0.15, 0.2) is 0 Å². The van der Waals surface area contributed by atoms with Crippen LogP contribution in [0.5, 0.6) is 0 Å². The minimum absolute atomic E-state index is 0.0746. The monoisotopic (exact) mass is 368 g/mol. The molecule has 9 heteroatoms. The lowest BCUT2D eigenvalue weighted by Crippen LogP contribution is -2.34. The topological polar surface area (TPSA) is 59.0 Å². The van der Waals surface area contributed by atoms with E-state index >= 15 is 0 Å². The third kappa shape index (κ3) is 4.70. The molecule has 0 aliphatic carbocycles. The first kappa shape index (κ1) is 16.3. The zero-order chi connectivity index (χ0) is 15.5. The van der Waals surface area contributed by atoms with Crippen LogP contribution >= 0.6 is 15.9 Å². The molecule has 1 aliphatic heterocycles. The standard InChI is InChI=1S/C12H16BrF3N4O/c13-10-9(18-5-8-2-1-3-17-4-8)6-19-20(11(10)21)7-12(14,15)16/h6,8,17-18H,1-5,7H2. The normalized spacial score (nSPS) is 19.5. The van der Waals surface area contributed by atoms with Crippen molar-refractivity contribution in [3.63, 3.8) is 0 Å². The quantitative estimate of drug-likeness (QED) is 0.852. The van der Waals surface area contributed by atoms with Gasteiger partial charge in [0.25, 0.3) is 5.56 Å². The summed E-state index contributed by atoms with van der Waals surface area (Å²) in [5.74, 6) is 0.434. The number of anilines is 1. The van der Waals surface area contributed by atoms with Crippen LogP contribution < -0.4 is 16.2 Å². The predicted molar refractivity (Wildman–Crippen MR) is 76.3 cm³/mol. The van der Waals surface area contributed by atoms with Gasteiger partial charge in [-0.25, -0.2) is 4.68 Å². The molecule has 0 spiro atoms. The van der Waals surface area contributed by atoms with Gasteiger partial charge in [-0.05, 0) is 47.8 Å². The van der Waals surface area contributed by atoms with Crippen LogP contribution in [0, 0.1) is 5.92 Å². The average Bonchev–Trinajstić information content (AvgIpc) is 2.43. The molecule has 118 valence electrons. The molecule has 5 nitrogen and oxygen atoms in total. The molecule has 1 unspecified atom stereocenters. The maximum Gasteiger partial charge on any atom is 0.408 e. The van der Waals surface area contributed by atoms with Gasteiger partial charge in [0.1, 0.15) is 11.0 Å². The van der Waals surface area contributed by atoms with E-state index in [4.69, 9.17) is 0 Å². The van der Waals surface area contributed by atoms with Gasteiger partial charge in [-0.3, -0.25) is 4.79 Å². The summed E-state index contributed by atoms with van der Waals surface area (Å²) in [5, 5.41) is 9.91. The van der Waals surface area contributed by atoms with Gasteiger partial charge in [0.05, 0.1) is 11.9 Å². The van der Waals surface area contributed by atoms with Crippen molar-refractivity contribution in [2.75, 3.05) is 25.0 Å². The number of hydrogen-bond acceptors (Lipinski definition) is 4. The fourth-order valence-corrected chi connectivity index (χ4v) is 2.67. The second-order valence-corrected chi connectivity index (χ2v) is 5.84. The molecule has 1 atom stereocenters. The Morgan fingerprint density at radius 1 is 1.52 bits per heavy atom. The Morgan fingerprint density at radius 2 is 2.29 bits per heavy atom. The van der Waals surface area contributed by atoms with Gasteiger partial charge in [-0.15, -0.1) is 0 Å². The van der Waals surface area contributed by atoms with Gasteiger partial charge < -0.3 is 10.6 Å². The third-order valence-electron chi connectivity index (χ3n) is 3.29. The maximum absolute atomic E-state index is 12.3. The van der Waals surface area contributed by atoms with Gasteiger partial charge in [0.2, 0.25) is 0 Å². The Labute approximate surface area is 128 Å². The Kier molecular flexibility index (Phi) is 5.26. The van der Waals surface area contributed by atoms with E-state index in [0.29, 0.717) is 22.8 Å². The number of hydrogen-bond donors (Lipinski definition) is 2. The van der Waals surface area contributed by atoms with E-state index in [1.807, 2.05) is 0 Å². The fraction of sp³-hybridized carbons (Fsp3) is 0.667. The smallest absolute Gasteiger partial charge is 0.382 e. The van der Waals surface area contributed by atoms with Crippen LogP contribution in [0.15, 0.2) is 15.5 Å². The lowest BCUT2D eigenvalue weighted by Gasteiger charge is -2.23. The number of piperidine rings is 1. The molecular formula is C12H16BrF3N4O. The van der Waals surface area contributed by atoms with Crippen molar-refractivity contribution in [2.45, 2.75) is 25.6 Å². The molecule has 2 rings (SSSR count). The Balaban J connectivity index is 2.04. The van der Waals surface area contributed by atoms with Crippen molar-refractivity contribution >= 4 is 21.6 Å². The van der Waals surface area contributed by atoms with Gasteiger partial charge in [-0.2, -0.15) is 18.3 Å². The maximum atomic E-state index is 12.3. The zero-order valence-electron chi connectivity index (χ0n) is 11.2. The number of nitrogens with one attached hydrogen (secondary N) is 2. The molecule has 1 aliphatic rings. The molecule has 0 bridgehead atoms. The third-order valence-corrected chi connectivity index (χ3v) is 4.06. The van der Waals surface area contributed by atoms with Crippen molar-refractivity contribution in [3.05, 3.63) is 21.0 Å². The molecular weight excluding hydrogens is 353 g/mol.